The van der Waals surface area contributed by atoms with Crippen molar-refractivity contribution in [1.29, 1.82) is 0 Å². The largest absolute Gasteiger partial charge is 0.389 e. The van der Waals surface area contributed by atoms with E-state index < -0.39 is 5.60 Å². The normalized spacial score (nSPS) is 27.7. The Bertz CT molecular complexity index is 293. The number of hydrogen-bond donors (Lipinski definition) is 2. The second-order valence-electron chi connectivity index (χ2n) is 5.49. The van der Waals surface area contributed by atoms with Crippen molar-refractivity contribution in [2.75, 3.05) is 0 Å². The van der Waals surface area contributed by atoms with Gasteiger partial charge in [0.05, 0.1) is 12.0 Å². The topological polar surface area (TPSA) is 49.3 Å². The lowest BCUT2D eigenvalue weighted by molar-refractivity contribution is -0.127. The van der Waals surface area contributed by atoms with Crippen LogP contribution in [0.15, 0.2) is 12.2 Å². The molecule has 1 saturated carbocycles. The van der Waals surface area contributed by atoms with Gasteiger partial charge in [0.15, 0.2) is 0 Å². The van der Waals surface area contributed by atoms with Crippen molar-refractivity contribution in [3.8, 4) is 0 Å². The van der Waals surface area contributed by atoms with E-state index in [4.69, 9.17) is 0 Å². The second kappa shape index (κ2) is 5.67. The molecule has 0 spiro atoms. The molecule has 2 aliphatic carbocycles. The van der Waals surface area contributed by atoms with Crippen molar-refractivity contribution in [2.24, 2.45) is 0 Å². The highest BCUT2D eigenvalue weighted by Crippen LogP contribution is 2.30. The molecule has 0 aromatic heterocycles. The summed E-state index contributed by atoms with van der Waals surface area (Å²) < 4.78 is 0. The van der Waals surface area contributed by atoms with E-state index in [0.29, 0.717) is 0 Å². The van der Waals surface area contributed by atoms with Crippen LogP contribution in [-0.2, 0) is 4.79 Å². The van der Waals surface area contributed by atoms with E-state index >= 15 is 0 Å². The fraction of sp³-hybridized carbons (Fsp3) is 0.786. The molecular formula is C14H23NO2. The highest BCUT2D eigenvalue weighted by molar-refractivity contribution is 5.77. The predicted octanol–water partition coefficient (Wildman–Crippen LogP) is 2.30. The van der Waals surface area contributed by atoms with E-state index in [1.807, 2.05) is 0 Å². The minimum Gasteiger partial charge on any atom is -0.389 e. The molecule has 96 valence electrons. The minimum atomic E-state index is -0.735. The Morgan fingerprint density at radius 2 is 2.06 bits per heavy atom. The fourth-order valence-corrected chi connectivity index (χ4v) is 2.88. The third-order valence-electron chi connectivity index (χ3n) is 3.87. The smallest absolute Gasteiger partial charge is 0.223 e. The van der Waals surface area contributed by atoms with Crippen molar-refractivity contribution >= 4 is 5.91 Å². The monoisotopic (exact) mass is 237 g/mol. The number of carbonyl (C=O) groups is 1. The van der Waals surface area contributed by atoms with Crippen molar-refractivity contribution in [3.63, 3.8) is 0 Å². The van der Waals surface area contributed by atoms with Gasteiger partial charge in [-0.2, -0.15) is 0 Å². The molecule has 0 aliphatic heterocycles. The lowest BCUT2D eigenvalue weighted by Crippen LogP contribution is -2.41. The third-order valence-corrected chi connectivity index (χ3v) is 3.87. The second-order valence-corrected chi connectivity index (χ2v) is 5.49. The molecule has 17 heavy (non-hydrogen) atoms. The summed E-state index contributed by atoms with van der Waals surface area (Å²) in [4.78, 5) is 11.9. The summed E-state index contributed by atoms with van der Waals surface area (Å²) in [6, 6.07) is 0.184. The molecule has 1 amide bonds. The van der Waals surface area contributed by atoms with E-state index in [1.54, 1.807) is 0 Å². The van der Waals surface area contributed by atoms with Crippen LogP contribution in [0.1, 0.15) is 57.8 Å². The van der Waals surface area contributed by atoms with E-state index in [9.17, 15) is 9.90 Å². The first-order valence-corrected chi connectivity index (χ1v) is 6.86. The molecule has 2 N–H and O–H groups in total. The number of aliphatic hydroxyl groups is 1. The number of carbonyl (C=O) groups excluding carboxylic acids is 1. The molecule has 2 aliphatic rings. The van der Waals surface area contributed by atoms with Gasteiger partial charge in [-0.3, -0.25) is 4.79 Å². The summed E-state index contributed by atoms with van der Waals surface area (Å²) in [5, 5.41) is 13.3. The Labute approximate surface area is 103 Å². The van der Waals surface area contributed by atoms with Crippen LogP contribution < -0.4 is 5.32 Å². The van der Waals surface area contributed by atoms with Crippen molar-refractivity contribution in [2.45, 2.75) is 69.4 Å². The van der Waals surface area contributed by atoms with Crippen LogP contribution in [0.5, 0.6) is 0 Å². The lowest BCUT2D eigenvalue weighted by Gasteiger charge is -2.32. The number of nitrogens with one attached hydrogen (secondary N) is 1. The Balaban J connectivity index is 1.79. The van der Waals surface area contributed by atoms with Crippen molar-refractivity contribution in [3.05, 3.63) is 12.2 Å². The summed E-state index contributed by atoms with van der Waals surface area (Å²) in [6.45, 7) is 0. The standard InChI is InChI=1S/C14H23NO2/c16-13(15-12-7-3-1-4-8-12)11-14(17)9-5-2-6-10-14/h3,7,12,17H,1-2,4-6,8-11H2,(H,15,16). The number of allylic oxidation sites excluding steroid dienone is 1. The van der Waals surface area contributed by atoms with Gasteiger partial charge in [0, 0.05) is 6.04 Å². The van der Waals surface area contributed by atoms with Crippen LogP contribution in [0.2, 0.25) is 0 Å². The summed E-state index contributed by atoms with van der Waals surface area (Å²) >= 11 is 0. The molecule has 0 heterocycles. The van der Waals surface area contributed by atoms with Gasteiger partial charge in [-0.1, -0.05) is 31.4 Å². The van der Waals surface area contributed by atoms with Crippen LogP contribution >= 0.6 is 0 Å². The highest BCUT2D eigenvalue weighted by atomic mass is 16.3. The molecule has 0 saturated heterocycles. The van der Waals surface area contributed by atoms with Crippen LogP contribution in [0.4, 0.5) is 0 Å². The first-order valence-electron chi connectivity index (χ1n) is 6.86. The molecular weight excluding hydrogens is 214 g/mol. The van der Waals surface area contributed by atoms with Gasteiger partial charge in [-0.15, -0.1) is 0 Å². The van der Waals surface area contributed by atoms with Crippen LogP contribution in [-0.4, -0.2) is 22.7 Å². The quantitative estimate of drug-likeness (QED) is 0.740. The van der Waals surface area contributed by atoms with Gasteiger partial charge in [-0.25, -0.2) is 0 Å². The van der Waals surface area contributed by atoms with Gasteiger partial charge >= 0.3 is 0 Å². The molecule has 3 heteroatoms. The van der Waals surface area contributed by atoms with E-state index in [2.05, 4.69) is 17.5 Å². The Morgan fingerprint density at radius 3 is 2.71 bits per heavy atom. The average Bonchev–Trinajstić information content (AvgIpc) is 2.30. The zero-order chi connectivity index (χ0) is 12.1. The molecule has 1 atom stereocenters. The molecule has 3 nitrogen and oxygen atoms in total. The molecule has 1 fully saturated rings. The summed E-state index contributed by atoms with van der Waals surface area (Å²) in [6.07, 6.45) is 12.6. The van der Waals surface area contributed by atoms with E-state index in [0.717, 1.165) is 44.9 Å². The third kappa shape index (κ3) is 3.84. The highest BCUT2D eigenvalue weighted by Gasteiger charge is 2.32. The number of amides is 1. The maximum Gasteiger partial charge on any atom is 0.223 e. The van der Waals surface area contributed by atoms with Gasteiger partial charge in [0.2, 0.25) is 5.91 Å². The predicted molar refractivity (Wildman–Crippen MR) is 67.6 cm³/mol. The Hall–Kier alpha value is -0.830. The number of hydrogen-bond acceptors (Lipinski definition) is 2. The lowest BCUT2D eigenvalue weighted by atomic mass is 9.82. The van der Waals surface area contributed by atoms with Gasteiger partial charge < -0.3 is 10.4 Å². The molecule has 0 aromatic carbocycles. The Morgan fingerprint density at radius 1 is 1.29 bits per heavy atom. The Kier molecular flexibility index (Phi) is 4.21. The van der Waals surface area contributed by atoms with Crippen molar-refractivity contribution < 1.29 is 9.90 Å². The SMILES string of the molecule is O=C(CC1(O)CCCCC1)NC1C=CCCC1. The first kappa shape index (κ1) is 12.6. The minimum absolute atomic E-state index is 0.00551. The zero-order valence-corrected chi connectivity index (χ0v) is 10.5. The molecule has 0 bridgehead atoms. The van der Waals surface area contributed by atoms with E-state index in [1.165, 1.54) is 6.42 Å². The fourth-order valence-electron chi connectivity index (χ4n) is 2.88. The van der Waals surface area contributed by atoms with Crippen LogP contribution in [0.25, 0.3) is 0 Å². The molecule has 2 rings (SSSR count). The zero-order valence-electron chi connectivity index (χ0n) is 10.5. The first-order chi connectivity index (χ1) is 8.18. The van der Waals surface area contributed by atoms with Crippen molar-refractivity contribution in [1.82, 2.24) is 5.32 Å². The number of rotatable bonds is 3. The molecule has 0 radical (unpaired) electrons. The van der Waals surface area contributed by atoms with E-state index in [-0.39, 0.29) is 18.4 Å². The molecule has 0 aromatic rings. The summed E-state index contributed by atoms with van der Waals surface area (Å²) in [5.41, 5.74) is -0.735. The average molecular weight is 237 g/mol. The van der Waals surface area contributed by atoms with Crippen LogP contribution in [0, 0.1) is 0 Å². The van der Waals surface area contributed by atoms with Gasteiger partial charge in [0.1, 0.15) is 0 Å². The summed E-state index contributed by atoms with van der Waals surface area (Å²) in [5.74, 6) is 0.00551. The maximum atomic E-state index is 11.9. The van der Waals surface area contributed by atoms with Crippen LogP contribution in [0.3, 0.4) is 0 Å². The van der Waals surface area contributed by atoms with Gasteiger partial charge in [0.25, 0.3) is 0 Å². The maximum absolute atomic E-state index is 11.9. The van der Waals surface area contributed by atoms with Gasteiger partial charge in [-0.05, 0) is 32.1 Å². The molecule has 1 unspecified atom stereocenters. The summed E-state index contributed by atoms with van der Waals surface area (Å²) in [7, 11) is 0.